The number of ether oxygens (including phenoxy) is 1. The maximum Gasteiger partial charge on any atom is 0.265 e. The van der Waals surface area contributed by atoms with Crippen molar-refractivity contribution in [2.24, 2.45) is 0 Å². The Kier molecular flexibility index (Phi) is 4.15. The van der Waals surface area contributed by atoms with Crippen LogP contribution in [0.5, 0.6) is 5.88 Å². The first-order chi connectivity index (χ1) is 11.4. The fraction of sp³-hybridized carbons (Fsp3) is 0.250. The first kappa shape index (κ1) is 16.3. The first-order valence-electron chi connectivity index (χ1n) is 7.41. The average molecular weight is 346 g/mol. The van der Waals surface area contributed by atoms with Crippen LogP contribution in [0.15, 0.2) is 47.8 Å². The molecule has 0 spiro atoms. The van der Waals surface area contributed by atoms with Crippen LogP contribution < -0.4 is 9.46 Å². The monoisotopic (exact) mass is 346 g/mol. The van der Waals surface area contributed by atoms with Crippen LogP contribution >= 0.6 is 0 Å². The molecule has 3 rings (SSSR count). The van der Waals surface area contributed by atoms with Crippen LogP contribution in [-0.2, 0) is 10.0 Å². The normalized spacial score (nSPS) is 11.8. The predicted octanol–water partition coefficient (Wildman–Crippen LogP) is 2.82. The van der Waals surface area contributed by atoms with Crippen LogP contribution in [0.3, 0.4) is 0 Å². The molecule has 1 N–H and O–H groups in total. The summed E-state index contributed by atoms with van der Waals surface area (Å²) in [4.78, 5) is 4.25. The molecule has 0 fully saturated rings. The zero-order chi connectivity index (χ0) is 17.3. The number of hydrogen-bond acceptors (Lipinski definition) is 5. The van der Waals surface area contributed by atoms with E-state index in [1.807, 2.05) is 19.9 Å². The first-order valence-corrected chi connectivity index (χ1v) is 8.89. The molecular formula is C16H18N4O3S. The van der Waals surface area contributed by atoms with Gasteiger partial charge in [-0.25, -0.2) is 13.4 Å². The quantitative estimate of drug-likeness (QED) is 0.768. The summed E-state index contributed by atoms with van der Waals surface area (Å²) >= 11 is 0. The minimum Gasteiger partial charge on any atom is -0.481 e. The van der Waals surface area contributed by atoms with Crippen molar-refractivity contribution in [1.82, 2.24) is 14.8 Å². The fourth-order valence-corrected chi connectivity index (χ4v) is 3.40. The van der Waals surface area contributed by atoms with Crippen molar-refractivity contribution in [3.05, 3.63) is 42.9 Å². The van der Waals surface area contributed by atoms with Crippen LogP contribution in [-0.4, -0.2) is 30.3 Å². The summed E-state index contributed by atoms with van der Waals surface area (Å²) in [5.41, 5.74) is 0.463. The number of anilines is 1. The SMILES string of the molecule is COc1nccc2c(NS(=O)(=O)c3cnn(C(C)C)c3)cccc12. The molecule has 7 nitrogen and oxygen atoms in total. The van der Waals surface area contributed by atoms with Crippen LogP contribution in [0.25, 0.3) is 10.8 Å². The largest absolute Gasteiger partial charge is 0.481 e. The summed E-state index contributed by atoms with van der Waals surface area (Å²) in [6.07, 6.45) is 4.44. The second-order valence-electron chi connectivity index (χ2n) is 5.58. The zero-order valence-corrected chi connectivity index (χ0v) is 14.4. The molecule has 24 heavy (non-hydrogen) atoms. The third kappa shape index (κ3) is 2.92. The molecule has 0 aliphatic carbocycles. The second-order valence-corrected chi connectivity index (χ2v) is 7.26. The third-order valence-electron chi connectivity index (χ3n) is 3.62. The van der Waals surface area contributed by atoms with Gasteiger partial charge in [0.2, 0.25) is 5.88 Å². The van der Waals surface area contributed by atoms with Crippen molar-refractivity contribution < 1.29 is 13.2 Å². The lowest BCUT2D eigenvalue weighted by Crippen LogP contribution is -2.12. The number of methoxy groups -OCH3 is 1. The van der Waals surface area contributed by atoms with Gasteiger partial charge in [0.05, 0.1) is 19.0 Å². The molecule has 0 aliphatic rings. The van der Waals surface area contributed by atoms with E-state index >= 15 is 0 Å². The highest BCUT2D eigenvalue weighted by Gasteiger charge is 2.19. The van der Waals surface area contributed by atoms with Gasteiger partial charge in [0.25, 0.3) is 10.0 Å². The van der Waals surface area contributed by atoms with E-state index in [0.29, 0.717) is 17.0 Å². The van der Waals surface area contributed by atoms with Gasteiger partial charge in [-0.1, -0.05) is 6.07 Å². The summed E-state index contributed by atoms with van der Waals surface area (Å²) in [5.74, 6) is 0.446. The van der Waals surface area contributed by atoms with Crippen LogP contribution in [0.2, 0.25) is 0 Å². The van der Waals surface area contributed by atoms with Gasteiger partial charge in [0.1, 0.15) is 4.90 Å². The van der Waals surface area contributed by atoms with Gasteiger partial charge >= 0.3 is 0 Å². The summed E-state index contributed by atoms with van der Waals surface area (Å²) in [5, 5.41) is 5.53. The molecule has 8 heteroatoms. The lowest BCUT2D eigenvalue weighted by atomic mass is 10.1. The van der Waals surface area contributed by atoms with E-state index in [4.69, 9.17) is 4.74 Å². The Labute approximate surface area is 140 Å². The van der Waals surface area contributed by atoms with E-state index in [2.05, 4.69) is 14.8 Å². The molecular weight excluding hydrogens is 328 g/mol. The van der Waals surface area contributed by atoms with Gasteiger partial charge in [-0.3, -0.25) is 9.40 Å². The highest BCUT2D eigenvalue weighted by molar-refractivity contribution is 7.92. The lowest BCUT2D eigenvalue weighted by molar-refractivity contribution is 0.403. The molecule has 2 heterocycles. The van der Waals surface area contributed by atoms with Crippen molar-refractivity contribution in [1.29, 1.82) is 0 Å². The van der Waals surface area contributed by atoms with Gasteiger partial charge in [-0.15, -0.1) is 0 Å². The molecule has 0 amide bonds. The van der Waals surface area contributed by atoms with E-state index in [-0.39, 0.29) is 10.9 Å². The average Bonchev–Trinajstić information content (AvgIpc) is 3.05. The standard InChI is InChI=1S/C16H18N4O3S/c1-11(2)20-10-12(9-18-20)24(21,22)19-15-6-4-5-14-13(15)7-8-17-16(14)23-3/h4-11,19H,1-3H3. The minimum absolute atomic E-state index is 0.0850. The third-order valence-corrected chi connectivity index (χ3v) is 4.94. The lowest BCUT2D eigenvalue weighted by Gasteiger charge is -2.11. The van der Waals surface area contributed by atoms with E-state index in [1.54, 1.807) is 29.1 Å². The summed E-state index contributed by atoms with van der Waals surface area (Å²) in [6.45, 7) is 3.86. The zero-order valence-electron chi connectivity index (χ0n) is 13.6. The van der Waals surface area contributed by atoms with Crippen molar-refractivity contribution in [2.75, 3.05) is 11.8 Å². The number of aromatic nitrogens is 3. The van der Waals surface area contributed by atoms with Gasteiger partial charge in [-0.05, 0) is 32.0 Å². The van der Waals surface area contributed by atoms with E-state index in [9.17, 15) is 8.42 Å². The Morgan fingerprint density at radius 2 is 2.00 bits per heavy atom. The Morgan fingerprint density at radius 3 is 2.67 bits per heavy atom. The smallest absolute Gasteiger partial charge is 0.265 e. The maximum atomic E-state index is 12.6. The summed E-state index contributed by atoms with van der Waals surface area (Å²) in [6, 6.07) is 7.11. The molecule has 0 aliphatic heterocycles. The Morgan fingerprint density at radius 1 is 1.21 bits per heavy atom. The number of pyridine rings is 1. The van der Waals surface area contributed by atoms with E-state index < -0.39 is 10.0 Å². The number of nitrogens with one attached hydrogen (secondary N) is 1. The van der Waals surface area contributed by atoms with Crippen molar-refractivity contribution >= 4 is 26.5 Å². The van der Waals surface area contributed by atoms with E-state index in [1.165, 1.54) is 19.5 Å². The van der Waals surface area contributed by atoms with E-state index in [0.717, 1.165) is 5.39 Å². The second kappa shape index (κ2) is 6.12. The molecule has 126 valence electrons. The highest BCUT2D eigenvalue weighted by Crippen LogP contribution is 2.30. The predicted molar refractivity (Wildman–Crippen MR) is 91.7 cm³/mol. The molecule has 3 aromatic rings. The molecule has 1 aromatic carbocycles. The number of nitrogens with zero attached hydrogens (tertiary/aromatic N) is 3. The molecule has 0 saturated carbocycles. The van der Waals surface area contributed by atoms with Crippen LogP contribution in [0.1, 0.15) is 19.9 Å². The Bertz CT molecular complexity index is 980. The maximum absolute atomic E-state index is 12.6. The van der Waals surface area contributed by atoms with Crippen molar-refractivity contribution in [2.45, 2.75) is 24.8 Å². The van der Waals surface area contributed by atoms with Gasteiger partial charge in [-0.2, -0.15) is 5.10 Å². The van der Waals surface area contributed by atoms with Gasteiger partial charge < -0.3 is 4.74 Å². The van der Waals surface area contributed by atoms with Gasteiger partial charge in [0.15, 0.2) is 0 Å². The Balaban J connectivity index is 2.02. The van der Waals surface area contributed by atoms with Crippen molar-refractivity contribution in [3.63, 3.8) is 0 Å². The molecule has 0 atom stereocenters. The molecule has 0 saturated heterocycles. The van der Waals surface area contributed by atoms with Crippen LogP contribution in [0, 0.1) is 0 Å². The number of hydrogen-bond donors (Lipinski definition) is 1. The van der Waals surface area contributed by atoms with Crippen molar-refractivity contribution in [3.8, 4) is 5.88 Å². The number of fused-ring (bicyclic) bond motifs is 1. The fourth-order valence-electron chi connectivity index (χ4n) is 2.38. The van der Waals surface area contributed by atoms with Crippen LogP contribution in [0.4, 0.5) is 5.69 Å². The minimum atomic E-state index is -3.73. The molecule has 0 radical (unpaired) electrons. The topological polar surface area (TPSA) is 86.1 Å². The number of rotatable bonds is 5. The highest BCUT2D eigenvalue weighted by atomic mass is 32.2. The summed E-state index contributed by atoms with van der Waals surface area (Å²) < 4.78 is 34.7. The number of sulfonamides is 1. The number of benzene rings is 1. The Hall–Kier alpha value is -2.61. The van der Waals surface area contributed by atoms with Gasteiger partial charge in [0, 0.05) is 29.2 Å². The molecule has 2 aromatic heterocycles. The summed E-state index contributed by atoms with van der Waals surface area (Å²) in [7, 11) is -2.20. The molecule has 0 bridgehead atoms. The molecule has 0 unspecified atom stereocenters.